The van der Waals surface area contributed by atoms with Crippen LogP contribution in [-0.4, -0.2) is 33.3 Å². The van der Waals surface area contributed by atoms with E-state index < -0.39 is 5.97 Å². The third-order valence-corrected chi connectivity index (χ3v) is 3.33. The molecule has 0 aliphatic rings. The van der Waals surface area contributed by atoms with Gasteiger partial charge in [0.15, 0.2) is 0 Å². The average molecular weight is 301 g/mol. The molecule has 0 saturated heterocycles. The SMILES string of the molecule is Cc1cc(C)n(CCCNC(=O)c2ccc(C(=O)O)cc2)n1. The molecule has 116 valence electrons. The summed E-state index contributed by atoms with van der Waals surface area (Å²) in [6, 6.07) is 7.89. The summed E-state index contributed by atoms with van der Waals surface area (Å²) in [4.78, 5) is 22.7. The summed E-state index contributed by atoms with van der Waals surface area (Å²) in [5.41, 5.74) is 2.71. The van der Waals surface area contributed by atoms with Gasteiger partial charge in [-0.05, 0) is 50.6 Å². The number of aryl methyl sites for hydroxylation is 3. The van der Waals surface area contributed by atoms with Crippen LogP contribution < -0.4 is 5.32 Å². The Kier molecular flexibility index (Phi) is 4.93. The number of amides is 1. The van der Waals surface area contributed by atoms with Crippen LogP contribution in [-0.2, 0) is 6.54 Å². The predicted molar refractivity (Wildman–Crippen MR) is 82.1 cm³/mol. The maximum Gasteiger partial charge on any atom is 0.335 e. The number of nitrogens with zero attached hydrogens (tertiary/aromatic N) is 2. The number of hydrogen-bond acceptors (Lipinski definition) is 3. The van der Waals surface area contributed by atoms with Crippen LogP contribution in [0.25, 0.3) is 0 Å². The first-order valence-electron chi connectivity index (χ1n) is 7.10. The monoisotopic (exact) mass is 301 g/mol. The zero-order valence-corrected chi connectivity index (χ0v) is 12.7. The van der Waals surface area contributed by atoms with Crippen LogP contribution in [0.4, 0.5) is 0 Å². The number of aromatic carboxylic acids is 1. The van der Waals surface area contributed by atoms with Crippen LogP contribution in [0.2, 0.25) is 0 Å². The second kappa shape index (κ2) is 6.89. The van der Waals surface area contributed by atoms with E-state index in [2.05, 4.69) is 10.4 Å². The van der Waals surface area contributed by atoms with Crippen molar-refractivity contribution in [3.05, 3.63) is 52.8 Å². The van der Waals surface area contributed by atoms with Crippen LogP contribution in [0.3, 0.4) is 0 Å². The van der Waals surface area contributed by atoms with Gasteiger partial charge in [0.1, 0.15) is 0 Å². The molecule has 6 heteroatoms. The number of benzene rings is 1. The molecule has 0 aliphatic heterocycles. The van der Waals surface area contributed by atoms with Crippen LogP contribution >= 0.6 is 0 Å². The zero-order chi connectivity index (χ0) is 16.1. The molecule has 1 heterocycles. The molecule has 0 radical (unpaired) electrons. The van der Waals surface area contributed by atoms with Crippen molar-refractivity contribution in [2.45, 2.75) is 26.8 Å². The highest BCUT2D eigenvalue weighted by atomic mass is 16.4. The van der Waals surface area contributed by atoms with E-state index in [1.54, 1.807) is 0 Å². The fourth-order valence-corrected chi connectivity index (χ4v) is 2.20. The molecular weight excluding hydrogens is 282 g/mol. The molecule has 0 saturated carbocycles. The van der Waals surface area contributed by atoms with Crippen molar-refractivity contribution in [2.75, 3.05) is 6.54 Å². The minimum atomic E-state index is -1.00. The lowest BCUT2D eigenvalue weighted by Gasteiger charge is -2.07. The number of carbonyl (C=O) groups is 2. The van der Waals surface area contributed by atoms with E-state index in [0.717, 1.165) is 24.4 Å². The second-order valence-corrected chi connectivity index (χ2v) is 5.14. The van der Waals surface area contributed by atoms with E-state index in [4.69, 9.17) is 5.11 Å². The van der Waals surface area contributed by atoms with Gasteiger partial charge in [-0.1, -0.05) is 0 Å². The summed E-state index contributed by atoms with van der Waals surface area (Å²) in [6.07, 6.45) is 0.779. The number of rotatable bonds is 6. The quantitative estimate of drug-likeness (QED) is 0.799. The van der Waals surface area contributed by atoms with Gasteiger partial charge in [0, 0.05) is 24.3 Å². The van der Waals surface area contributed by atoms with E-state index in [1.807, 2.05) is 24.6 Å². The maximum atomic E-state index is 11.9. The molecule has 1 aromatic heterocycles. The summed E-state index contributed by atoms with van der Waals surface area (Å²) in [6.45, 7) is 5.24. The maximum absolute atomic E-state index is 11.9. The van der Waals surface area contributed by atoms with Crippen molar-refractivity contribution in [1.82, 2.24) is 15.1 Å². The Morgan fingerprint density at radius 2 is 1.82 bits per heavy atom. The van der Waals surface area contributed by atoms with E-state index in [1.165, 1.54) is 24.3 Å². The van der Waals surface area contributed by atoms with Crippen molar-refractivity contribution >= 4 is 11.9 Å². The minimum Gasteiger partial charge on any atom is -0.478 e. The second-order valence-electron chi connectivity index (χ2n) is 5.14. The Morgan fingerprint density at radius 3 is 2.36 bits per heavy atom. The van der Waals surface area contributed by atoms with E-state index in [9.17, 15) is 9.59 Å². The van der Waals surface area contributed by atoms with Crippen molar-refractivity contribution in [2.24, 2.45) is 0 Å². The molecule has 1 aromatic carbocycles. The van der Waals surface area contributed by atoms with Gasteiger partial charge in [-0.2, -0.15) is 5.10 Å². The third-order valence-electron chi connectivity index (χ3n) is 3.33. The lowest BCUT2D eigenvalue weighted by atomic mass is 10.1. The smallest absolute Gasteiger partial charge is 0.335 e. The predicted octanol–water partition coefficient (Wildman–Crippen LogP) is 2.02. The Hall–Kier alpha value is -2.63. The number of carbonyl (C=O) groups excluding carboxylic acids is 1. The van der Waals surface area contributed by atoms with Crippen molar-refractivity contribution in [1.29, 1.82) is 0 Å². The Morgan fingerprint density at radius 1 is 1.18 bits per heavy atom. The summed E-state index contributed by atoms with van der Waals surface area (Å²) >= 11 is 0. The summed E-state index contributed by atoms with van der Waals surface area (Å²) < 4.78 is 1.92. The highest BCUT2D eigenvalue weighted by Gasteiger charge is 2.07. The average Bonchev–Trinajstić information content (AvgIpc) is 2.81. The molecule has 0 spiro atoms. The summed E-state index contributed by atoms with van der Waals surface area (Å²) in [7, 11) is 0. The molecule has 0 fully saturated rings. The molecule has 0 unspecified atom stereocenters. The lowest BCUT2D eigenvalue weighted by molar-refractivity contribution is 0.0696. The first-order valence-corrected chi connectivity index (χ1v) is 7.10. The molecule has 1 amide bonds. The molecule has 0 atom stereocenters. The van der Waals surface area contributed by atoms with Gasteiger partial charge in [0.25, 0.3) is 5.91 Å². The topological polar surface area (TPSA) is 84.2 Å². The van der Waals surface area contributed by atoms with Crippen LogP contribution in [0.1, 0.15) is 38.5 Å². The minimum absolute atomic E-state index is 0.168. The lowest BCUT2D eigenvalue weighted by Crippen LogP contribution is -2.25. The molecule has 2 N–H and O–H groups in total. The largest absolute Gasteiger partial charge is 0.478 e. The molecule has 2 aromatic rings. The normalized spacial score (nSPS) is 10.5. The van der Waals surface area contributed by atoms with Gasteiger partial charge >= 0.3 is 5.97 Å². The number of carboxylic acid groups (broad SMARTS) is 1. The zero-order valence-electron chi connectivity index (χ0n) is 12.7. The van der Waals surface area contributed by atoms with Crippen LogP contribution in [0.5, 0.6) is 0 Å². The van der Waals surface area contributed by atoms with Gasteiger partial charge in [0.05, 0.1) is 11.3 Å². The molecule has 22 heavy (non-hydrogen) atoms. The van der Waals surface area contributed by atoms with Gasteiger partial charge in [-0.25, -0.2) is 4.79 Å². The highest BCUT2D eigenvalue weighted by Crippen LogP contribution is 2.05. The number of nitrogens with one attached hydrogen (secondary N) is 1. The first kappa shape index (κ1) is 15.8. The van der Waals surface area contributed by atoms with Crippen molar-refractivity contribution in [3.63, 3.8) is 0 Å². The molecule has 0 aliphatic carbocycles. The first-order chi connectivity index (χ1) is 10.5. The van der Waals surface area contributed by atoms with Crippen LogP contribution in [0.15, 0.2) is 30.3 Å². The van der Waals surface area contributed by atoms with Gasteiger partial charge < -0.3 is 10.4 Å². The van der Waals surface area contributed by atoms with Crippen molar-refractivity contribution < 1.29 is 14.7 Å². The number of hydrogen-bond donors (Lipinski definition) is 2. The third kappa shape index (κ3) is 3.94. The van der Waals surface area contributed by atoms with E-state index in [-0.39, 0.29) is 11.5 Å². The molecule has 2 rings (SSSR count). The fourth-order valence-electron chi connectivity index (χ4n) is 2.20. The standard InChI is InChI=1S/C16H19N3O3/c1-11-10-12(2)19(18-11)9-3-8-17-15(20)13-4-6-14(7-5-13)16(21)22/h4-7,10H,3,8-9H2,1-2H3,(H,17,20)(H,21,22). The summed E-state index contributed by atoms with van der Waals surface area (Å²) in [5.74, 6) is -1.21. The Balaban J connectivity index is 1.80. The summed E-state index contributed by atoms with van der Waals surface area (Å²) in [5, 5.41) is 16.0. The van der Waals surface area contributed by atoms with Gasteiger partial charge in [-0.15, -0.1) is 0 Å². The van der Waals surface area contributed by atoms with Gasteiger partial charge in [-0.3, -0.25) is 9.48 Å². The van der Waals surface area contributed by atoms with E-state index >= 15 is 0 Å². The van der Waals surface area contributed by atoms with E-state index in [0.29, 0.717) is 12.1 Å². The molecule has 6 nitrogen and oxygen atoms in total. The van der Waals surface area contributed by atoms with Crippen molar-refractivity contribution in [3.8, 4) is 0 Å². The Labute approximate surface area is 128 Å². The van der Waals surface area contributed by atoms with Crippen LogP contribution in [0, 0.1) is 13.8 Å². The Bertz CT molecular complexity index is 674. The van der Waals surface area contributed by atoms with Gasteiger partial charge in [0.2, 0.25) is 0 Å². The molecular formula is C16H19N3O3. The number of aromatic nitrogens is 2. The fraction of sp³-hybridized carbons (Fsp3) is 0.312. The highest BCUT2D eigenvalue weighted by molar-refractivity contribution is 5.95. The molecule has 0 bridgehead atoms. The number of carboxylic acids is 1.